The van der Waals surface area contributed by atoms with Gasteiger partial charge in [-0.3, -0.25) is 0 Å². The zero-order valence-corrected chi connectivity index (χ0v) is 11.4. The van der Waals surface area contributed by atoms with E-state index in [1.807, 2.05) is 33.8 Å². The Morgan fingerprint density at radius 1 is 0.733 bits per heavy atom. The molecule has 86 valence electrons. The van der Waals surface area contributed by atoms with Crippen molar-refractivity contribution in [1.82, 2.24) is 0 Å². The van der Waals surface area contributed by atoms with Gasteiger partial charge in [-0.1, -0.05) is 63.6 Å². The zero-order chi connectivity index (χ0) is 12.3. The summed E-state index contributed by atoms with van der Waals surface area (Å²) in [5.41, 5.74) is 4.09. The molecule has 0 spiro atoms. The average Bonchev–Trinajstić information content (AvgIpc) is 2.34. The van der Waals surface area contributed by atoms with E-state index in [-0.39, 0.29) is 0 Å². The normalized spacial score (nSPS) is 7.67. The van der Waals surface area contributed by atoms with E-state index in [0.29, 0.717) is 0 Å². The first-order valence-corrected chi connectivity index (χ1v) is 5.91. The Hall–Kier alpha value is -1.04. The van der Waals surface area contributed by atoms with E-state index in [1.54, 1.807) is 0 Å². The van der Waals surface area contributed by atoms with Crippen molar-refractivity contribution < 1.29 is 0 Å². The van der Waals surface area contributed by atoms with Crippen molar-refractivity contribution in [3.63, 3.8) is 0 Å². The van der Waals surface area contributed by atoms with E-state index in [4.69, 9.17) is 0 Å². The Kier molecular flexibility index (Phi) is 12.1. The topological polar surface area (TPSA) is 0 Å². The summed E-state index contributed by atoms with van der Waals surface area (Å²) in [7, 11) is 0. The van der Waals surface area contributed by atoms with Crippen LogP contribution in [-0.2, 0) is 0 Å². The van der Waals surface area contributed by atoms with Crippen molar-refractivity contribution in [1.29, 1.82) is 0 Å². The third-order valence-electron chi connectivity index (χ3n) is 1.96. The fourth-order valence-electron chi connectivity index (χ4n) is 0.977. The molecule has 0 heterocycles. The van der Waals surface area contributed by atoms with Gasteiger partial charge in [0, 0.05) is 0 Å². The summed E-state index contributed by atoms with van der Waals surface area (Å²) in [5, 5.41) is 0. The molecule has 0 saturated heterocycles. The standard InChI is InChI=1S/C11H14.2C2H6/c1-9(2)10(3)11-7-5-4-6-8-11;2*1-2/h4-8H,1-3H3;2*1-2H3. The Morgan fingerprint density at radius 2 is 1.13 bits per heavy atom. The van der Waals surface area contributed by atoms with E-state index in [1.165, 1.54) is 16.7 Å². The monoisotopic (exact) mass is 206 g/mol. The van der Waals surface area contributed by atoms with Crippen LogP contribution in [0.3, 0.4) is 0 Å². The van der Waals surface area contributed by atoms with Gasteiger partial charge < -0.3 is 0 Å². The molecular weight excluding hydrogens is 180 g/mol. The average molecular weight is 206 g/mol. The lowest BCUT2D eigenvalue weighted by Gasteiger charge is -2.02. The molecule has 0 N–H and O–H groups in total. The van der Waals surface area contributed by atoms with Crippen LogP contribution >= 0.6 is 0 Å². The van der Waals surface area contributed by atoms with Gasteiger partial charge >= 0.3 is 0 Å². The minimum Gasteiger partial charge on any atom is -0.0729 e. The number of hydrogen-bond acceptors (Lipinski definition) is 0. The van der Waals surface area contributed by atoms with Crippen molar-refractivity contribution in [3.05, 3.63) is 41.5 Å². The molecule has 0 saturated carbocycles. The highest BCUT2D eigenvalue weighted by atomic mass is 14.0. The fourth-order valence-corrected chi connectivity index (χ4v) is 0.977. The van der Waals surface area contributed by atoms with Gasteiger partial charge in [0.25, 0.3) is 0 Å². The first-order valence-electron chi connectivity index (χ1n) is 5.91. The second kappa shape index (κ2) is 11.0. The van der Waals surface area contributed by atoms with E-state index < -0.39 is 0 Å². The molecule has 0 aliphatic heterocycles. The Bertz CT molecular complexity index is 251. The summed E-state index contributed by atoms with van der Waals surface area (Å²) < 4.78 is 0. The predicted octanol–water partition coefficient (Wildman–Crippen LogP) is 5.55. The molecule has 0 unspecified atom stereocenters. The predicted molar refractivity (Wildman–Crippen MR) is 73.1 cm³/mol. The van der Waals surface area contributed by atoms with Crippen molar-refractivity contribution >= 4 is 5.57 Å². The fraction of sp³-hybridized carbons (Fsp3) is 0.467. The molecule has 1 aromatic carbocycles. The van der Waals surface area contributed by atoms with Crippen LogP contribution in [0.2, 0.25) is 0 Å². The molecule has 0 bridgehead atoms. The van der Waals surface area contributed by atoms with Gasteiger partial charge in [0.2, 0.25) is 0 Å². The lowest BCUT2D eigenvalue weighted by Crippen LogP contribution is -1.79. The Morgan fingerprint density at radius 3 is 1.47 bits per heavy atom. The molecule has 0 nitrogen and oxygen atoms in total. The molecule has 1 rings (SSSR count). The third-order valence-corrected chi connectivity index (χ3v) is 1.96. The zero-order valence-electron chi connectivity index (χ0n) is 11.4. The summed E-state index contributed by atoms with van der Waals surface area (Å²) >= 11 is 0. The highest BCUT2D eigenvalue weighted by Gasteiger charge is 1.93. The summed E-state index contributed by atoms with van der Waals surface area (Å²) in [4.78, 5) is 0. The molecule has 0 fully saturated rings. The van der Waals surface area contributed by atoms with Gasteiger partial charge in [0.1, 0.15) is 0 Å². The second-order valence-electron chi connectivity index (χ2n) is 2.99. The maximum Gasteiger partial charge on any atom is -0.0228 e. The van der Waals surface area contributed by atoms with Gasteiger partial charge in [0.05, 0.1) is 0 Å². The molecule has 0 radical (unpaired) electrons. The SMILES string of the molecule is CC.CC.CC(C)=C(C)c1ccccc1. The summed E-state index contributed by atoms with van der Waals surface area (Å²) in [6.07, 6.45) is 0. The highest BCUT2D eigenvalue weighted by molar-refractivity contribution is 5.65. The van der Waals surface area contributed by atoms with Crippen LogP contribution in [0.15, 0.2) is 35.9 Å². The molecule has 0 heteroatoms. The molecule has 15 heavy (non-hydrogen) atoms. The molecule has 1 aromatic rings. The molecule has 0 aliphatic rings. The van der Waals surface area contributed by atoms with E-state index in [0.717, 1.165) is 0 Å². The minimum atomic E-state index is 1.33. The lowest BCUT2D eigenvalue weighted by atomic mass is 10.0. The molecule has 0 amide bonds. The summed E-state index contributed by atoms with van der Waals surface area (Å²) in [5.74, 6) is 0. The van der Waals surface area contributed by atoms with Crippen molar-refractivity contribution in [2.75, 3.05) is 0 Å². The van der Waals surface area contributed by atoms with Gasteiger partial charge in [-0.05, 0) is 31.9 Å². The Balaban J connectivity index is 0. The van der Waals surface area contributed by atoms with Crippen molar-refractivity contribution in [2.45, 2.75) is 48.5 Å². The van der Waals surface area contributed by atoms with Crippen LogP contribution in [0.4, 0.5) is 0 Å². The molecule has 0 atom stereocenters. The lowest BCUT2D eigenvalue weighted by molar-refractivity contribution is 1.36. The van der Waals surface area contributed by atoms with Gasteiger partial charge in [0.15, 0.2) is 0 Å². The molecule has 0 aromatic heterocycles. The van der Waals surface area contributed by atoms with Crippen molar-refractivity contribution in [3.8, 4) is 0 Å². The molecular formula is C15H26. The minimum absolute atomic E-state index is 1.33. The maximum atomic E-state index is 2.16. The summed E-state index contributed by atoms with van der Waals surface area (Å²) in [6, 6.07) is 10.5. The van der Waals surface area contributed by atoms with Crippen LogP contribution in [0.5, 0.6) is 0 Å². The van der Waals surface area contributed by atoms with Crippen LogP contribution < -0.4 is 0 Å². The third kappa shape index (κ3) is 6.96. The number of rotatable bonds is 1. The van der Waals surface area contributed by atoms with Crippen LogP contribution in [-0.4, -0.2) is 0 Å². The van der Waals surface area contributed by atoms with E-state index in [9.17, 15) is 0 Å². The van der Waals surface area contributed by atoms with E-state index in [2.05, 4.69) is 45.0 Å². The maximum absolute atomic E-state index is 2.16. The largest absolute Gasteiger partial charge is 0.0729 e. The summed E-state index contributed by atoms with van der Waals surface area (Å²) in [6.45, 7) is 14.4. The Labute approximate surface area is 96.0 Å². The highest BCUT2D eigenvalue weighted by Crippen LogP contribution is 2.16. The van der Waals surface area contributed by atoms with Gasteiger partial charge in [-0.15, -0.1) is 0 Å². The molecule has 0 aliphatic carbocycles. The number of hydrogen-bond donors (Lipinski definition) is 0. The van der Waals surface area contributed by atoms with Gasteiger partial charge in [-0.25, -0.2) is 0 Å². The van der Waals surface area contributed by atoms with Gasteiger partial charge in [-0.2, -0.15) is 0 Å². The van der Waals surface area contributed by atoms with Crippen LogP contribution in [0.25, 0.3) is 5.57 Å². The van der Waals surface area contributed by atoms with Crippen LogP contribution in [0.1, 0.15) is 54.0 Å². The number of benzene rings is 1. The quantitative estimate of drug-likeness (QED) is 0.565. The smallest absolute Gasteiger partial charge is 0.0228 e. The second-order valence-corrected chi connectivity index (χ2v) is 2.99. The number of allylic oxidation sites excluding steroid dienone is 2. The van der Waals surface area contributed by atoms with Crippen molar-refractivity contribution in [2.24, 2.45) is 0 Å². The van der Waals surface area contributed by atoms with E-state index >= 15 is 0 Å². The first-order chi connectivity index (χ1) is 7.22. The first kappa shape index (κ1) is 16.4. The van der Waals surface area contributed by atoms with Crippen LogP contribution in [0, 0.1) is 0 Å².